The van der Waals surface area contributed by atoms with Crippen LogP contribution in [0.5, 0.6) is 5.75 Å². The zero-order valence-corrected chi connectivity index (χ0v) is 15.9. The average molecular weight is 379 g/mol. The Balaban J connectivity index is 1.52. The molecule has 2 aromatic rings. The molecule has 6 heteroatoms. The van der Waals surface area contributed by atoms with E-state index in [2.05, 4.69) is 15.5 Å². The van der Waals surface area contributed by atoms with Crippen LogP contribution in [0.15, 0.2) is 70.9 Å². The van der Waals surface area contributed by atoms with Gasteiger partial charge in [0.25, 0.3) is 0 Å². The number of ether oxygens (including phenoxy) is 1. The van der Waals surface area contributed by atoms with E-state index < -0.39 is 0 Å². The molecule has 1 heterocycles. The highest BCUT2D eigenvalue weighted by molar-refractivity contribution is 8.15. The topological polar surface area (TPSA) is 63.1 Å². The number of nitrogens with one attached hydrogen (secondary N) is 1. The van der Waals surface area contributed by atoms with Crippen molar-refractivity contribution in [3.63, 3.8) is 0 Å². The Labute approximate surface area is 163 Å². The van der Waals surface area contributed by atoms with Crippen LogP contribution in [0.4, 0.5) is 0 Å². The Hall–Kier alpha value is -2.86. The van der Waals surface area contributed by atoms with Gasteiger partial charge in [-0.1, -0.05) is 60.3 Å². The van der Waals surface area contributed by atoms with Crippen LogP contribution in [0.25, 0.3) is 6.08 Å². The van der Waals surface area contributed by atoms with Gasteiger partial charge in [0.2, 0.25) is 5.91 Å². The maximum absolute atomic E-state index is 12.1. The number of amides is 1. The second kappa shape index (κ2) is 9.73. The fourth-order valence-corrected chi connectivity index (χ4v) is 3.50. The second-order valence-electron chi connectivity index (χ2n) is 5.82. The lowest BCUT2D eigenvalue weighted by molar-refractivity contribution is -0.118. The summed E-state index contributed by atoms with van der Waals surface area (Å²) in [5.74, 6) is 0.799. The van der Waals surface area contributed by atoms with Crippen LogP contribution in [0.3, 0.4) is 0 Å². The molecule has 1 aliphatic heterocycles. The summed E-state index contributed by atoms with van der Waals surface area (Å²) in [7, 11) is 0. The van der Waals surface area contributed by atoms with Gasteiger partial charge < -0.3 is 10.1 Å². The first-order chi connectivity index (χ1) is 13.2. The lowest BCUT2D eigenvalue weighted by Gasteiger charge is -2.07. The van der Waals surface area contributed by atoms with E-state index in [0.29, 0.717) is 18.2 Å². The molecule has 1 amide bonds. The van der Waals surface area contributed by atoms with E-state index >= 15 is 0 Å². The van der Waals surface area contributed by atoms with Gasteiger partial charge in [-0.2, -0.15) is 5.10 Å². The zero-order chi connectivity index (χ0) is 18.9. The number of carbonyl (C=O) groups is 1. The van der Waals surface area contributed by atoms with E-state index in [-0.39, 0.29) is 11.2 Å². The van der Waals surface area contributed by atoms with Gasteiger partial charge in [0.1, 0.15) is 5.75 Å². The van der Waals surface area contributed by atoms with Crippen molar-refractivity contribution >= 4 is 35.1 Å². The highest BCUT2D eigenvalue weighted by Gasteiger charge is 2.30. The van der Waals surface area contributed by atoms with Crippen LogP contribution in [0.1, 0.15) is 18.1 Å². The molecule has 0 radical (unpaired) electrons. The third-order valence-electron chi connectivity index (χ3n) is 3.82. The van der Waals surface area contributed by atoms with Gasteiger partial charge in [-0.05, 0) is 42.7 Å². The van der Waals surface area contributed by atoms with Crippen molar-refractivity contribution in [1.82, 2.24) is 5.32 Å². The molecule has 27 heavy (non-hydrogen) atoms. The standard InChI is InChI=1S/C21H21N3O2S/c1-2-26-18-12-10-17(11-13-18)15-19-20(25)23-21(27-19)24-22-14-6-9-16-7-4-3-5-8-16/h3-14,19H,2,15H2,1H3,(H,23,24,25)/b9-6+,22-14+. The predicted molar refractivity (Wildman–Crippen MR) is 112 cm³/mol. The summed E-state index contributed by atoms with van der Waals surface area (Å²) in [5.41, 5.74) is 2.18. The summed E-state index contributed by atoms with van der Waals surface area (Å²) in [6.45, 7) is 2.59. The van der Waals surface area contributed by atoms with Crippen molar-refractivity contribution in [3.05, 3.63) is 71.8 Å². The molecule has 1 unspecified atom stereocenters. The van der Waals surface area contributed by atoms with Crippen LogP contribution in [0, 0.1) is 0 Å². The average Bonchev–Trinajstić information content (AvgIpc) is 3.03. The Morgan fingerprint density at radius 3 is 2.67 bits per heavy atom. The van der Waals surface area contributed by atoms with Crippen molar-refractivity contribution in [2.24, 2.45) is 10.2 Å². The Morgan fingerprint density at radius 1 is 1.15 bits per heavy atom. The molecular weight excluding hydrogens is 358 g/mol. The Bertz CT molecular complexity index is 845. The van der Waals surface area contributed by atoms with Crippen LogP contribution in [0.2, 0.25) is 0 Å². The monoisotopic (exact) mass is 379 g/mol. The van der Waals surface area contributed by atoms with Gasteiger partial charge in [0, 0.05) is 6.21 Å². The lowest BCUT2D eigenvalue weighted by atomic mass is 10.1. The number of thioether (sulfide) groups is 1. The third-order valence-corrected chi connectivity index (χ3v) is 4.89. The van der Waals surface area contributed by atoms with E-state index in [1.807, 2.05) is 73.7 Å². The van der Waals surface area contributed by atoms with Gasteiger partial charge in [-0.25, -0.2) is 0 Å². The maximum Gasteiger partial charge on any atom is 0.239 e. The van der Waals surface area contributed by atoms with Crippen LogP contribution < -0.4 is 10.1 Å². The number of rotatable bonds is 7. The maximum atomic E-state index is 12.1. The lowest BCUT2D eigenvalue weighted by Crippen LogP contribution is -2.25. The van der Waals surface area contributed by atoms with Gasteiger partial charge in [-0.15, -0.1) is 5.10 Å². The van der Waals surface area contributed by atoms with Crippen molar-refractivity contribution in [1.29, 1.82) is 0 Å². The summed E-state index contributed by atoms with van der Waals surface area (Å²) in [5, 5.41) is 11.2. The number of amidine groups is 1. The van der Waals surface area contributed by atoms with Crippen LogP contribution >= 0.6 is 11.8 Å². The SMILES string of the molecule is CCOc1ccc(CC2S\C(=N/N=C/C=C/c3ccccc3)NC2=O)cc1. The molecule has 5 nitrogen and oxygen atoms in total. The van der Waals surface area contributed by atoms with E-state index in [9.17, 15) is 4.79 Å². The Kier molecular flexibility index (Phi) is 6.82. The third kappa shape index (κ3) is 5.82. The van der Waals surface area contributed by atoms with Gasteiger partial charge in [0.05, 0.1) is 11.9 Å². The molecule has 138 valence electrons. The number of hydrogen-bond donors (Lipinski definition) is 1. The molecule has 1 atom stereocenters. The molecule has 3 rings (SSSR count). The summed E-state index contributed by atoms with van der Waals surface area (Å²) < 4.78 is 5.44. The molecule has 2 aromatic carbocycles. The normalized spacial score (nSPS) is 18.5. The fourth-order valence-electron chi connectivity index (χ4n) is 2.53. The van der Waals surface area contributed by atoms with Gasteiger partial charge in [-0.3, -0.25) is 4.79 Å². The van der Waals surface area contributed by atoms with Crippen molar-refractivity contribution in [3.8, 4) is 5.75 Å². The molecule has 0 aliphatic carbocycles. The summed E-state index contributed by atoms with van der Waals surface area (Å²) in [6, 6.07) is 17.8. The Morgan fingerprint density at radius 2 is 1.93 bits per heavy atom. The van der Waals surface area contributed by atoms with E-state index in [0.717, 1.165) is 16.9 Å². The molecule has 0 saturated carbocycles. The number of hydrogen-bond acceptors (Lipinski definition) is 5. The highest BCUT2D eigenvalue weighted by Crippen LogP contribution is 2.24. The molecule has 0 aromatic heterocycles. The molecule has 1 fully saturated rings. The number of nitrogens with zero attached hydrogens (tertiary/aromatic N) is 2. The number of allylic oxidation sites excluding steroid dienone is 1. The molecule has 1 saturated heterocycles. The minimum Gasteiger partial charge on any atom is -0.494 e. The minimum atomic E-state index is -0.197. The first-order valence-corrected chi connectivity index (χ1v) is 9.64. The number of carbonyl (C=O) groups excluding carboxylic acids is 1. The van der Waals surface area contributed by atoms with Crippen molar-refractivity contribution in [2.45, 2.75) is 18.6 Å². The largest absolute Gasteiger partial charge is 0.494 e. The van der Waals surface area contributed by atoms with E-state index in [1.54, 1.807) is 6.21 Å². The quantitative estimate of drug-likeness (QED) is 0.586. The first-order valence-electron chi connectivity index (χ1n) is 8.76. The molecule has 1 aliphatic rings. The fraction of sp³-hybridized carbons (Fsp3) is 0.190. The molecule has 1 N–H and O–H groups in total. The minimum absolute atomic E-state index is 0.0392. The van der Waals surface area contributed by atoms with Gasteiger partial charge >= 0.3 is 0 Å². The summed E-state index contributed by atoms with van der Waals surface area (Å²) in [4.78, 5) is 12.1. The molecule has 0 bridgehead atoms. The van der Waals surface area contributed by atoms with E-state index in [1.165, 1.54) is 11.8 Å². The summed E-state index contributed by atoms with van der Waals surface area (Å²) >= 11 is 1.40. The number of benzene rings is 2. The van der Waals surface area contributed by atoms with Crippen molar-refractivity contribution < 1.29 is 9.53 Å². The van der Waals surface area contributed by atoms with Gasteiger partial charge in [0.15, 0.2) is 5.17 Å². The zero-order valence-electron chi connectivity index (χ0n) is 15.0. The molecular formula is C21H21N3O2S. The highest BCUT2D eigenvalue weighted by atomic mass is 32.2. The smallest absolute Gasteiger partial charge is 0.239 e. The van der Waals surface area contributed by atoms with Crippen molar-refractivity contribution in [2.75, 3.05) is 6.61 Å². The predicted octanol–water partition coefficient (Wildman–Crippen LogP) is 3.91. The second-order valence-corrected chi connectivity index (χ2v) is 7.01. The van der Waals surface area contributed by atoms with Crippen LogP contribution in [-0.4, -0.2) is 29.1 Å². The summed E-state index contributed by atoms with van der Waals surface area (Å²) in [6.07, 6.45) is 6.00. The first kappa shape index (κ1) is 18.9. The van der Waals surface area contributed by atoms with Crippen LogP contribution in [-0.2, 0) is 11.2 Å². The van der Waals surface area contributed by atoms with E-state index in [4.69, 9.17) is 4.74 Å². The molecule has 0 spiro atoms.